The van der Waals surface area contributed by atoms with Crippen LogP contribution in [0.4, 0.5) is 0 Å². The zero-order chi connectivity index (χ0) is 10.8. The summed E-state index contributed by atoms with van der Waals surface area (Å²) in [5, 5.41) is 3.52. The molecule has 0 bridgehead atoms. The number of carbonyl (C=O) groups excluding carboxylic acids is 1. The van der Waals surface area contributed by atoms with Gasteiger partial charge in [-0.25, -0.2) is 4.98 Å². The fourth-order valence-corrected chi connectivity index (χ4v) is 2.20. The van der Waals surface area contributed by atoms with Gasteiger partial charge >= 0.3 is 0 Å². The maximum atomic E-state index is 10.5. The third-order valence-corrected chi connectivity index (χ3v) is 3.11. The third-order valence-electron chi connectivity index (χ3n) is 2.02. The Hall–Kier alpha value is -1.19. The van der Waals surface area contributed by atoms with Gasteiger partial charge in [0.25, 0.3) is 0 Å². The van der Waals surface area contributed by atoms with E-state index in [9.17, 15) is 4.79 Å². The van der Waals surface area contributed by atoms with Crippen LogP contribution in [0.2, 0.25) is 5.02 Å². The maximum absolute atomic E-state index is 10.5. The standard InChI is InChI=1S/C11H8ClNOS/c1-7-13-11(6-15-7)9-3-2-8(5-14)4-10(9)12/h2-6H,1H3. The molecule has 2 nitrogen and oxygen atoms in total. The lowest BCUT2D eigenvalue weighted by atomic mass is 10.1. The molecule has 0 radical (unpaired) electrons. The Bertz CT molecular complexity index is 507. The highest BCUT2D eigenvalue weighted by Gasteiger charge is 2.07. The van der Waals surface area contributed by atoms with Crippen molar-refractivity contribution in [2.45, 2.75) is 6.92 Å². The van der Waals surface area contributed by atoms with Crippen LogP contribution in [0, 0.1) is 6.92 Å². The minimum Gasteiger partial charge on any atom is -0.298 e. The molecule has 2 aromatic rings. The van der Waals surface area contributed by atoms with Gasteiger partial charge < -0.3 is 0 Å². The van der Waals surface area contributed by atoms with Crippen molar-refractivity contribution in [2.24, 2.45) is 0 Å². The lowest BCUT2D eigenvalue weighted by Crippen LogP contribution is -1.84. The van der Waals surface area contributed by atoms with Gasteiger partial charge in [0.1, 0.15) is 6.29 Å². The summed E-state index contributed by atoms with van der Waals surface area (Å²) >= 11 is 7.64. The quantitative estimate of drug-likeness (QED) is 0.748. The Kier molecular flexibility index (Phi) is 2.84. The molecule has 15 heavy (non-hydrogen) atoms. The van der Waals surface area contributed by atoms with E-state index in [1.807, 2.05) is 18.4 Å². The zero-order valence-electron chi connectivity index (χ0n) is 8.03. The van der Waals surface area contributed by atoms with Crippen molar-refractivity contribution in [1.29, 1.82) is 0 Å². The number of rotatable bonds is 2. The fraction of sp³-hybridized carbons (Fsp3) is 0.0909. The monoisotopic (exact) mass is 237 g/mol. The Morgan fingerprint density at radius 3 is 2.80 bits per heavy atom. The summed E-state index contributed by atoms with van der Waals surface area (Å²) in [6, 6.07) is 5.21. The number of hydrogen-bond acceptors (Lipinski definition) is 3. The molecule has 1 aromatic heterocycles. The largest absolute Gasteiger partial charge is 0.298 e. The number of thiazole rings is 1. The number of hydrogen-bond donors (Lipinski definition) is 0. The number of aldehydes is 1. The average molecular weight is 238 g/mol. The normalized spacial score (nSPS) is 10.3. The van der Waals surface area contributed by atoms with Crippen LogP contribution in [-0.2, 0) is 0 Å². The molecule has 0 atom stereocenters. The molecule has 0 saturated heterocycles. The topological polar surface area (TPSA) is 30.0 Å². The van der Waals surface area contributed by atoms with Crippen molar-refractivity contribution in [3.8, 4) is 11.3 Å². The van der Waals surface area contributed by atoms with Gasteiger partial charge in [0.2, 0.25) is 0 Å². The van der Waals surface area contributed by atoms with E-state index in [1.165, 1.54) is 0 Å². The summed E-state index contributed by atoms with van der Waals surface area (Å²) in [4.78, 5) is 14.9. The minimum absolute atomic E-state index is 0.560. The summed E-state index contributed by atoms with van der Waals surface area (Å²) in [5.41, 5.74) is 2.31. The first-order valence-corrected chi connectivity index (χ1v) is 5.63. The molecule has 0 amide bonds. The van der Waals surface area contributed by atoms with Crippen LogP contribution < -0.4 is 0 Å². The molecule has 0 fully saturated rings. The highest BCUT2D eigenvalue weighted by molar-refractivity contribution is 7.09. The average Bonchev–Trinajstić information content (AvgIpc) is 2.64. The molecular weight excluding hydrogens is 230 g/mol. The predicted molar refractivity (Wildman–Crippen MR) is 62.7 cm³/mol. The number of aryl methyl sites for hydroxylation is 1. The summed E-state index contributed by atoms with van der Waals surface area (Å²) in [7, 11) is 0. The van der Waals surface area contributed by atoms with E-state index >= 15 is 0 Å². The zero-order valence-corrected chi connectivity index (χ0v) is 9.60. The second kappa shape index (κ2) is 4.13. The number of carbonyl (C=O) groups is 1. The van der Waals surface area contributed by atoms with E-state index in [0.29, 0.717) is 10.6 Å². The summed E-state index contributed by atoms with van der Waals surface area (Å²) in [6.07, 6.45) is 0.780. The van der Waals surface area contributed by atoms with Gasteiger partial charge in [-0.05, 0) is 13.0 Å². The van der Waals surface area contributed by atoms with Crippen molar-refractivity contribution in [3.63, 3.8) is 0 Å². The number of halogens is 1. The van der Waals surface area contributed by atoms with Crippen LogP contribution in [0.15, 0.2) is 23.6 Å². The first kappa shape index (κ1) is 10.3. The van der Waals surface area contributed by atoms with Gasteiger partial charge in [0.15, 0.2) is 0 Å². The fourth-order valence-electron chi connectivity index (χ4n) is 1.30. The van der Waals surface area contributed by atoms with E-state index in [4.69, 9.17) is 11.6 Å². The van der Waals surface area contributed by atoms with Gasteiger partial charge in [0.05, 0.1) is 15.7 Å². The number of benzene rings is 1. The molecule has 1 aromatic carbocycles. The molecule has 0 N–H and O–H groups in total. The second-order valence-electron chi connectivity index (χ2n) is 3.11. The van der Waals surface area contributed by atoms with Crippen molar-refractivity contribution >= 4 is 29.2 Å². The molecule has 0 aliphatic carbocycles. The first-order chi connectivity index (χ1) is 7.20. The van der Waals surface area contributed by atoms with Crippen LogP contribution in [-0.4, -0.2) is 11.3 Å². The van der Waals surface area contributed by atoms with E-state index in [-0.39, 0.29) is 0 Å². The van der Waals surface area contributed by atoms with Crippen molar-refractivity contribution in [2.75, 3.05) is 0 Å². The SMILES string of the molecule is Cc1nc(-c2ccc(C=O)cc2Cl)cs1. The summed E-state index contributed by atoms with van der Waals surface area (Å²) in [6.45, 7) is 1.95. The van der Waals surface area contributed by atoms with E-state index in [0.717, 1.165) is 22.6 Å². The third kappa shape index (κ3) is 2.08. The van der Waals surface area contributed by atoms with Crippen LogP contribution in [0.25, 0.3) is 11.3 Å². The van der Waals surface area contributed by atoms with Gasteiger partial charge in [-0.2, -0.15) is 0 Å². The number of aromatic nitrogens is 1. The molecule has 0 aliphatic rings. The molecule has 0 saturated carbocycles. The van der Waals surface area contributed by atoms with Crippen LogP contribution in [0.1, 0.15) is 15.4 Å². The van der Waals surface area contributed by atoms with E-state index in [2.05, 4.69) is 4.98 Å². The van der Waals surface area contributed by atoms with Crippen LogP contribution in [0.5, 0.6) is 0 Å². The summed E-state index contributed by atoms with van der Waals surface area (Å²) in [5.74, 6) is 0. The van der Waals surface area contributed by atoms with Gasteiger partial charge in [-0.1, -0.05) is 23.7 Å². The highest BCUT2D eigenvalue weighted by atomic mass is 35.5. The first-order valence-electron chi connectivity index (χ1n) is 4.38. The highest BCUT2D eigenvalue weighted by Crippen LogP contribution is 2.29. The lowest BCUT2D eigenvalue weighted by molar-refractivity contribution is 0.112. The second-order valence-corrected chi connectivity index (χ2v) is 4.58. The van der Waals surface area contributed by atoms with Gasteiger partial charge in [-0.15, -0.1) is 11.3 Å². The minimum atomic E-state index is 0.560. The molecule has 0 aliphatic heterocycles. The van der Waals surface area contributed by atoms with Crippen molar-refractivity contribution in [1.82, 2.24) is 4.98 Å². The summed E-state index contributed by atoms with van der Waals surface area (Å²) < 4.78 is 0. The Balaban J connectivity index is 2.49. The molecule has 1 heterocycles. The molecule has 4 heteroatoms. The maximum Gasteiger partial charge on any atom is 0.150 e. The Morgan fingerprint density at radius 2 is 2.27 bits per heavy atom. The van der Waals surface area contributed by atoms with Crippen molar-refractivity contribution < 1.29 is 4.79 Å². The number of nitrogens with zero attached hydrogens (tertiary/aromatic N) is 1. The van der Waals surface area contributed by atoms with E-state index in [1.54, 1.807) is 23.5 Å². The van der Waals surface area contributed by atoms with Crippen molar-refractivity contribution in [3.05, 3.63) is 39.2 Å². The predicted octanol–water partition coefficient (Wildman–Crippen LogP) is 3.58. The molecule has 2 rings (SSSR count). The molecule has 76 valence electrons. The molecule has 0 unspecified atom stereocenters. The van der Waals surface area contributed by atoms with Gasteiger partial charge in [0, 0.05) is 16.5 Å². The molecule has 0 spiro atoms. The lowest BCUT2D eigenvalue weighted by Gasteiger charge is -2.00. The van der Waals surface area contributed by atoms with Crippen LogP contribution >= 0.6 is 22.9 Å². The smallest absolute Gasteiger partial charge is 0.150 e. The van der Waals surface area contributed by atoms with Gasteiger partial charge in [-0.3, -0.25) is 4.79 Å². The Labute approximate surface area is 96.5 Å². The Morgan fingerprint density at radius 1 is 1.47 bits per heavy atom. The molecular formula is C11H8ClNOS. The van der Waals surface area contributed by atoms with E-state index < -0.39 is 0 Å². The van der Waals surface area contributed by atoms with Crippen LogP contribution in [0.3, 0.4) is 0 Å².